The van der Waals surface area contributed by atoms with Crippen LogP contribution in [-0.2, 0) is 6.54 Å². The van der Waals surface area contributed by atoms with Crippen molar-refractivity contribution in [2.45, 2.75) is 19.4 Å². The molecule has 0 amide bonds. The molecule has 0 spiro atoms. The van der Waals surface area contributed by atoms with E-state index in [9.17, 15) is 5.11 Å². The van der Waals surface area contributed by atoms with Gasteiger partial charge in [0.05, 0.1) is 7.11 Å². The van der Waals surface area contributed by atoms with Gasteiger partial charge in [-0.2, -0.15) is 0 Å². The summed E-state index contributed by atoms with van der Waals surface area (Å²) in [5.41, 5.74) is 1.20. The van der Waals surface area contributed by atoms with Crippen LogP contribution in [-0.4, -0.2) is 36.8 Å². The third kappa shape index (κ3) is 3.46. The Morgan fingerprint density at radius 1 is 1.50 bits per heavy atom. The van der Waals surface area contributed by atoms with E-state index in [0.29, 0.717) is 12.5 Å². The Balaban J connectivity index is 2.06. The molecule has 0 aliphatic carbocycles. The summed E-state index contributed by atoms with van der Waals surface area (Å²) in [6.45, 7) is 3.27. The van der Waals surface area contributed by atoms with Gasteiger partial charge in [-0.25, -0.2) is 0 Å². The second-order valence-electron chi connectivity index (χ2n) is 4.88. The van der Waals surface area contributed by atoms with E-state index in [1.807, 2.05) is 12.1 Å². The van der Waals surface area contributed by atoms with Crippen molar-refractivity contribution in [1.29, 1.82) is 0 Å². The predicted molar refractivity (Wildman–Crippen MR) is 75.8 cm³/mol. The smallest absolute Gasteiger partial charge is 0.123 e. The third-order valence-electron chi connectivity index (χ3n) is 3.50. The molecule has 0 saturated carbocycles. The van der Waals surface area contributed by atoms with E-state index >= 15 is 0 Å². The lowest BCUT2D eigenvalue weighted by atomic mass is 9.98. The van der Waals surface area contributed by atoms with E-state index in [-0.39, 0.29) is 0 Å². The van der Waals surface area contributed by atoms with Gasteiger partial charge in [0.2, 0.25) is 0 Å². The van der Waals surface area contributed by atoms with E-state index in [2.05, 4.69) is 26.9 Å². The quantitative estimate of drug-likeness (QED) is 0.927. The lowest BCUT2D eigenvalue weighted by molar-refractivity contribution is 0.115. The number of methoxy groups -OCH3 is 1. The summed E-state index contributed by atoms with van der Waals surface area (Å²) in [7, 11) is 1.71. The highest BCUT2D eigenvalue weighted by Gasteiger charge is 2.20. The van der Waals surface area contributed by atoms with Gasteiger partial charge in [0, 0.05) is 29.7 Å². The molecule has 1 N–H and O–H groups in total. The van der Waals surface area contributed by atoms with Gasteiger partial charge in [-0.3, -0.25) is 4.90 Å². The average molecular weight is 314 g/mol. The molecule has 1 aliphatic heterocycles. The van der Waals surface area contributed by atoms with Crippen LogP contribution >= 0.6 is 15.9 Å². The maximum Gasteiger partial charge on any atom is 0.123 e. The first kappa shape index (κ1) is 13.8. The molecule has 0 bridgehead atoms. The SMILES string of the molecule is COc1ccc(Br)cc1CN1CCC[C@H](CO)C1. The van der Waals surface area contributed by atoms with Crippen molar-refractivity contribution in [2.24, 2.45) is 5.92 Å². The van der Waals surface area contributed by atoms with E-state index in [4.69, 9.17) is 4.74 Å². The van der Waals surface area contributed by atoms with E-state index in [1.165, 1.54) is 12.0 Å². The van der Waals surface area contributed by atoms with Crippen LogP contribution in [0.5, 0.6) is 5.75 Å². The molecular formula is C14H20BrNO2. The van der Waals surface area contributed by atoms with Gasteiger partial charge in [0.15, 0.2) is 0 Å². The number of hydrogen-bond acceptors (Lipinski definition) is 3. The minimum atomic E-state index is 0.298. The van der Waals surface area contributed by atoms with Crippen LogP contribution < -0.4 is 4.74 Å². The van der Waals surface area contributed by atoms with Crippen LogP contribution in [0.3, 0.4) is 0 Å². The number of benzene rings is 1. The molecule has 1 atom stereocenters. The van der Waals surface area contributed by atoms with Crippen LogP contribution in [0.25, 0.3) is 0 Å². The number of hydrogen-bond donors (Lipinski definition) is 1. The number of piperidine rings is 1. The molecular weight excluding hydrogens is 294 g/mol. The fourth-order valence-electron chi connectivity index (χ4n) is 2.56. The zero-order valence-electron chi connectivity index (χ0n) is 10.7. The van der Waals surface area contributed by atoms with Gasteiger partial charge in [0.1, 0.15) is 5.75 Å². The molecule has 18 heavy (non-hydrogen) atoms. The third-order valence-corrected chi connectivity index (χ3v) is 3.99. The zero-order valence-corrected chi connectivity index (χ0v) is 12.3. The van der Waals surface area contributed by atoms with Gasteiger partial charge in [-0.15, -0.1) is 0 Å². The van der Waals surface area contributed by atoms with E-state index in [0.717, 1.165) is 36.3 Å². The van der Waals surface area contributed by atoms with Gasteiger partial charge >= 0.3 is 0 Å². The summed E-state index contributed by atoms with van der Waals surface area (Å²) in [5, 5.41) is 9.26. The van der Waals surface area contributed by atoms with Crippen molar-refractivity contribution in [2.75, 3.05) is 26.8 Å². The maximum atomic E-state index is 9.26. The average Bonchev–Trinajstić information content (AvgIpc) is 2.39. The Kier molecular flexibility index (Phi) is 5.03. The van der Waals surface area contributed by atoms with Crippen LogP contribution in [0.4, 0.5) is 0 Å². The fourth-order valence-corrected chi connectivity index (χ4v) is 2.96. The van der Waals surface area contributed by atoms with Crippen LogP contribution in [0.1, 0.15) is 18.4 Å². The predicted octanol–water partition coefficient (Wildman–Crippen LogP) is 2.66. The number of halogens is 1. The maximum absolute atomic E-state index is 9.26. The summed E-state index contributed by atoms with van der Waals surface area (Å²) in [6.07, 6.45) is 2.31. The monoisotopic (exact) mass is 313 g/mol. The number of rotatable bonds is 4. The van der Waals surface area contributed by atoms with Crippen LogP contribution in [0, 0.1) is 5.92 Å². The van der Waals surface area contributed by atoms with Crippen molar-refractivity contribution in [3.05, 3.63) is 28.2 Å². The summed E-state index contributed by atoms with van der Waals surface area (Å²) < 4.78 is 6.48. The Bertz CT molecular complexity index is 397. The molecule has 1 aliphatic rings. The topological polar surface area (TPSA) is 32.7 Å². The molecule has 2 rings (SSSR count). The normalized spacial score (nSPS) is 20.9. The zero-order chi connectivity index (χ0) is 13.0. The number of nitrogens with zero attached hydrogens (tertiary/aromatic N) is 1. The van der Waals surface area contributed by atoms with E-state index < -0.39 is 0 Å². The van der Waals surface area contributed by atoms with Gasteiger partial charge in [0.25, 0.3) is 0 Å². The highest BCUT2D eigenvalue weighted by Crippen LogP contribution is 2.26. The molecule has 1 fully saturated rings. The van der Waals surface area contributed by atoms with Crippen LogP contribution in [0.2, 0.25) is 0 Å². The number of likely N-dealkylation sites (tertiary alicyclic amines) is 1. The molecule has 3 nitrogen and oxygen atoms in total. The Morgan fingerprint density at radius 2 is 2.33 bits per heavy atom. The Hall–Kier alpha value is -0.580. The number of aliphatic hydroxyl groups is 1. The number of ether oxygens (including phenoxy) is 1. The first-order valence-corrected chi connectivity index (χ1v) is 7.18. The molecule has 1 saturated heterocycles. The second kappa shape index (κ2) is 6.55. The van der Waals surface area contributed by atoms with Crippen molar-refractivity contribution in [3.63, 3.8) is 0 Å². The second-order valence-corrected chi connectivity index (χ2v) is 5.80. The Morgan fingerprint density at radius 3 is 3.06 bits per heavy atom. The molecule has 0 unspecified atom stereocenters. The molecule has 1 heterocycles. The van der Waals surface area contributed by atoms with Crippen molar-refractivity contribution >= 4 is 15.9 Å². The summed E-state index contributed by atoms with van der Waals surface area (Å²) in [6, 6.07) is 6.10. The minimum Gasteiger partial charge on any atom is -0.496 e. The van der Waals surface area contributed by atoms with Gasteiger partial charge in [-0.05, 0) is 43.5 Å². The Labute approximate surface area is 117 Å². The van der Waals surface area contributed by atoms with Crippen molar-refractivity contribution in [3.8, 4) is 5.75 Å². The lowest BCUT2D eigenvalue weighted by Crippen LogP contribution is -2.36. The lowest BCUT2D eigenvalue weighted by Gasteiger charge is -2.32. The van der Waals surface area contributed by atoms with Crippen molar-refractivity contribution < 1.29 is 9.84 Å². The molecule has 100 valence electrons. The first-order valence-electron chi connectivity index (χ1n) is 6.38. The number of aliphatic hydroxyl groups excluding tert-OH is 1. The standard InChI is InChI=1S/C14H20BrNO2/c1-18-14-5-4-13(15)7-12(14)9-16-6-2-3-11(8-16)10-17/h4-5,7,11,17H,2-3,6,8-10H2,1H3/t11-/m0/s1. The van der Waals surface area contributed by atoms with Crippen molar-refractivity contribution in [1.82, 2.24) is 4.90 Å². The molecule has 1 aromatic rings. The molecule has 1 aromatic carbocycles. The van der Waals surface area contributed by atoms with Crippen LogP contribution in [0.15, 0.2) is 22.7 Å². The molecule has 0 aromatic heterocycles. The molecule has 4 heteroatoms. The summed E-state index contributed by atoms with van der Waals surface area (Å²) in [5.74, 6) is 1.36. The fraction of sp³-hybridized carbons (Fsp3) is 0.571. The van der Waals surface area contributed by atoms with Gasteiger partial charge < -0.3 is 9.84 Å². The van der Waals surface area contributed by atoms with Gasteiger partial charge in [-0.1, -0.05) is 15.9 Å². The molecule has 0 radical (unpaired) electrons. The highest BCUT2D eigenvalue weighted by atomic mass is 79.9. The minimum absolute atomic E-state index is 0.298. The first-order chi connectivity index (χ1) is 8.72. The summed E-state index contributed by atoms with van der Waals surface area (Å²) >= 11 is 3.50. The largest absolute Gasteiger partial charge is 0.496 e. The highest BCUT2D eigenvalue weighted by molar-refractivity contribution is 9.10. The van der Waals surface area contributed by atoms with E-state index in [1.54, 1.807) is 7.11 Å². The summed E-state index contributed by atoms with van der Waals surface area (Å²) in [4.78, 5) is 2.40.